The van der Waals surface area contributed by atoms with Crippen molar-refractivity contribution < 1.29 is 9.84 Å². The standard InChI is InChI=1S/C24H40N4O2.HI/c1-3-25-24(28-15-12-21(18-28)17-27-13-8-5-9-14-27)26-16-23(29)19-30-20(2)22-10-6-4-7-11-22;/h4,6-7,10-11,20-21,23,29H,3,5,8-9,12-19H2,1-2H3,(H,25,26);1H. The number of aliphatic imine (C=N–C) groups is 1. The number of hydrogen-bond donors (Lipinski definition) is 2. The molecule has 3 atom stereocenters. The number of hydrogen-bond acceptors (Lipinski definition) is 4. The SMILES string of the molecule is CCNC(=NCC(O)COC(C)c1ccccc1)N1CCC(CN2CCCCC2)C1.I. The fraction of sp³-hybridized carbons (Fsp3) is 0.708. The van der Waals surface area contributed by atoms with Crippen LogP contribution in [0.25, 0.3) is 0 Å². The molecule has 0 aromatic heterocycles. The average molecular weight is 545 g/mol. The predicted octanol–water partition coefficient (Wildman–Crippen LogP) is 3.52. The van der Waals surface area contributed by atoms with Crippen LogP contribution in [0.4, 0.5) is 0 Å². The number of likely N-dealkylation sites (tertiary alicyclic amines) is 2. The second-order valence-corrected chi connectivity index (χ2v) is 8.70. The van der Waals surface area contributed by atoms with E-state index in [0.29, 0.717) is 12.5 Å². The zero-order chi connectivity index (χ0) is 21.2. The van der Waals surface area contributed by atoms with Gasteiger partial charge in [-0.1, -0.05) is 36.8 Å². The van der Waals surface area contributed by atoms with Gasteiger partial charge in [-0.15, -0.1) is 24.0 Å². The smallest absolute Gasteiger partial charge is 0.194 e. The third-order valence-corrected chi connectivity index (χ3v) is 6.14. The summed E-state index contributed by atoms with van der Waals surface area (Å²) in [6.45, 7) is 11.4. The van der Waals surface area contributed by atoms with E-state index in [1.165, 1.54) is 45.3 Å². The van der Waals surface area contributed by atoms with E-state index in [-0.39, 0.29) is 36.7 Å². The highest BCUT2D eigenvalue weighted by Gasteiger charge is 2.27. The van der Waals surface area contributed by atoms with Gasteiger partial charge in [-0.3, -0.25) is 4.99 Å². The van der Waals surface area contributed by atoms with Crippen LogP contribution in [0.3, 0.4) is 0 Å². The summed E-state index contributed by atoms with van der Waals surface area (Å²) in [5, 5.41) is 13.8. The number of nitrogens with one attached hydrogen (secondary N) is 1. The first-order valence-corrected chi connectivity index (χ1v) is 11.8. The van der Waals surface area contributed by atoms with Crippen molar-refractivity contribution in [3.8, 4) is 0 Å². The molecule has 1 aromatic carbocycles. The summed E-state index contributed by atoms with van der Waals surface area (Å²) in [5.74, 6) is 1.64. The number of piperidine rings is 1. The van der Waals surface area contributed by atoms with Crippen LogP contribution >= 0.6 is 24.0 Å². The topological polar surface area (TPSA) is 60.3 Å². The Bertz CT molecular complexity index is 640. The zero-order valence-corrected chi connectivity index (χ0v) is 21.5. The molecule has 0 aliphatic carbocycles. The highest BCUT2D eigenvalue weighted by atomic mass is 127. The molecule has 176 valence electrons. The number of aliphatic hydroxyl groups is 1. The van der Waals surface area contributed by atoms with Crippen molar-refractivity contribution in [2.45, 2.75) is 51.7 Å². The Morgan fingerprint density at radius 1 is 1.19 bits per heavy atom. The van der Waals surface area contributed by atoms with Crippen LogP contribution in [-0.2, 0) is 4.74 Å². The van der Waals surface area contributed by atoms with Gasteiger partial charge in [0.25, 0.3) is 0 Å². The van der Waals surface area contributed by atoms with Crippen molar-refractivity contribution in [2.24, 2.45) is 10.9 Å². The van der Waals surface area contributed by atoms with Gasteiger partial charge in [0.2, 0.25) is 0 Å². The van der Waals surface area contributed by atoms with E-state index in [1.807, 2.05) is 37.3 Å². The van der Waals surface area contributed by atoms with Gasteiger partial charge in [0.15, 0.2) is 5.96 Å². The lowest BCUT2D eigenvalue weighted by molar-refractivity contribution is 0.00106. The summed E-state index contributed by atoms with van der Waals surface area (Å²) in [4.78, 5) is 9.71. The average Bonchev–Trinajstić information content (AvgIpc) is 3.24. The van der Waals surface area contributed by atoms with E-state index in [9.17, 15) is 5.11 Å². The first kappa shape index (κ1) is 26.4. The molecule has 2 aliphatic heterocycles. The molecular weight excluding hydrogens is 503 g/mol. The van der Waals surface area contributed by atoms with Crippen LogP contribution < -0.4 is 5.32 Å². The number of aliphatic hydroxyl groups excluding tert-OH is 1. The van der Waals surface area contributed by atoms with Crippen molar-refractivity contribution in [2.75, 3.05) is 52.4 Å². The highest BCUT2D eigenvalue weighted by Crippen LogP contribution is 2.20. The van der Waals surface area contributed by atoms with E-state index in [4.69, 9.17) is 9.73 Å². The van der Waals surface area contributed by atoms with Crippen LogP contribution in [-0.4, -0.2) is 79.4 Å². The maximum atomic E-state index is 10.4. The Kier molecular flexibility index (Phi) is 12.1. The Morgan fingerprint density at radius 3 is 2.65 bits per heavy atom. The molecule has 31 heavy (non-hydrogen) atoms. The molecule has 2 aliphatic rings. The molecule has 3 unspecified atom stereocenters. The van der Waals surface area contributed by atoms with Gasteiger partial charge < -0.3 is 25.0 Å². The molecule has 0 radical (unpaired) electrons. The second-order valence-electron chi connectivity index (χ2n) is 8.70. The van der Waals surface area contributed by atoms with E-state index in [2.05, 4.69) is 22.0 Å². The Morgan fingerprint density at radius 2 is 1.94 bits per heavy atom. The molecule has 2 saturated heterocycles. The number of ether oxygens (including phenoxy) is 1. The highest BCUT2D eigenvalue weighted by molar-refractivity contribution is 14.0. The zero-order valence-electron chi connectivity index (χ0n) is 19.2. The van der Waals surface area contributed by atoms with Crippen LogP contribution in [0.5, 0.6) is 0 Å². The normalized spacial score (nSPS) is 22.1. The molecule has 3 rings (SSSR count). The predicted molar refractivity (Wildman–Crippen MR) is 138 cm³/mol. The quantitative estimate of drug-likeness (QED) is 0.283. The Balaban J connectivity index is 0.00000341. The van der Waals surface area contributed by atoms with E-state index >= 15 is 0 Å². The van der Waals surface area contributed by atoms with Crippen molar-refractivity contribution in [3.63, 3.8) is 0 Å². The van der Waals surface area contributed by atoms with Crippen molar-refractivity contribution >= 4 is 29.9 Å². The van der Waals surface area contributed by atoms with Gasteiger partial charge in [0.05, 0.1) is 25.4 Å². The summed E-state index contributed by atoms with van der Waals surface area (Å²) in [5.41, 5.74) is 1.12. The van der Waals surface area contributed by atoms with Gasteiger partial charge >= 0.3 is 0 Å². The molecule has 2 N–H and O–H groups in total. The summed E-state index contributed by atoms with van der Waals surface area (Å²) < 4.78 is 5.85. The molecule has 0 saturated carbocycles. The summed E-state index contributed by atoms with van der Waals surface area (Å²) in [6.07, 6.45) is 4.68. The second kappa shape index (κ2) is 14.3. The van der Waals surface area contributed by atoms with Gasteiger partial charge in [-0.25, -0.2) is 0 Å². The largest absolute Gasteiger partial charge is 0.389 e. The fourth-order valence-electron chi connectivity index (χ4n) is 4.43. The molecule has 7 heteroatoms. The molecule has 2 heterocycles. The summed E-state index contributed by atoms with van der Waals surface area (Å²) in [7, 11) is 0. The first-order valence-electron chi connectivity index (χ1n) is 11.8. The summed E-state index contributed by atoms with van der Waals surface area (Å²) >= 11 is 0. The van der Waals surface area contributed by atoms with Gasteiger partial charge in [0.1, 0.15) is 0 Å². The van der Waals surface area contributed by atoms with Crippen molar-refractivity contribution in [3.05, 3.63) is 35.9 Å². The fourth-order valence-corrected chi connectivity index (χ4v) is 4.43. The number of halogens is 1. The summed E-state index contributed by atoms with van der Waals surface area (Å²) in [6, 6.07) is 10.1. The first-order chi connectivity index (χ1) is 14.7. The number of rotatable bonds is 9. The lowest BCUT2D eigenvalue weighted by Crippen LogP contribution is -2.41. The molecule has 0 spiro atoms. The van der Waals surface area contributed by atoms with Crippen LogP contribution in [0, 0.1) is 5.92 Å². The van der Waals surface area contributed by atoms with E-state index in [0.717, 1.165) is 31.2 Å². The lowest BCUT2D eigenvalue weighted by atomic mass is 10.1. The van der Waals surface area contributed by atoms with Crippen molar-refractivity contribution in [1.82, 2.24) is 15.1 Å². The van der Waals surface area contributed by atoms with E-state index < -0.39 is 6.10 Å². The lowest BCUT2D eigenvalue weighted by Gasteiger charge is -2.29. The molecule has 1 aromatic rings. The van der Waals surface area contributed by atoms with Gasteiger partial charge in [0, 0.05) is 26.2 Å². The molecule has 6 nitrogen and oxygen atoms in total. The maximum Gasteiger partial charge on any atom is 0.194 e. The molecule has 0 bridgehead atoms. The Hall–Kier alpha value is -0.900. The van der Waals surface area contributed by atoms with Crippen LogP contribution in [0.2, 0.25) is 0 Å². The number of benzene rings is 1. The van der Waals surface area contributed by atoms with Crippen LogP contribution in [0.15, 0.2) is 35.3 Å². The minimum absolute atomic E-state index is 0. The third-order valence-electron chi connectivity index (χ3n) is 6.14. The monoisotopic (exact) mass is 544 g/mol. The van der Waals surface area contributed by atoms with E-state index in [1.54, 1.807) is 0 Å². The minimum atomic E-state index is -0.600. The van der Waals surface area contributed by atoms with Gasteiger partial charge in [-0.2, -0.15) is 0 Å². The third kappa shape index (κ3) is 8.86. The van der Waals surface area contributed by atoms with Crippen LogP contribution in [0.1, 0.15) is 51.2 Å². The molecule has 2 fully saturated rings. The number of guanidine groups is 1. The maximum absolute atomic E-state index is 10.4. The molecular formula is C24H41IN4O2. The number of nitrogens with zero attached hydrogens (tertiary/aromatic N) is 3. The van der Waals surface area contributed by atoms with Gasteiger partial charge in [-0.05, 0) is 57.7 Å². The minimum Gasteiger partial charge on any atom is -0.389 e. The molecule has 0 amide bonds. The Labute approximate surface area is 205 Å². The van der Waals surface area contributed by atoms with Crippen molar-refractivity contribution in [1.29, 1.82) is 0 Å².